The summed E-state index contributed by atoms with van der Waals surface area (Å²) in [4.78, 5) is 20.8. The van der Waals surface area contributed by atoms with Crippen molar-refractivity contribution in [2.45, 2.75) is 30.8 Å². The summed E-state index contributed by atoms with van der Waals surface area (Å²) in [6.45, 7) is 3.86. The maximum Gasteiger partial charge on any atom is 0.270 e. The number of nitrogens with zero attached hydrogens (tertiary/aromatic N) is 5. The number of para-hydroxylation sites is 1. The molecule has 0 aliphatic heterocycles. The highest BCUT2D eigenvalue weighted by molar-refractivity contribution is 7.98. The molecule has 7 nitrogen and oxygen atoms in total. The highest BCUT2D eigenvalue weighted by atomic mass is 32.2. The van der Waals surface area contributed by atoms with Crippen LogP contribution in [0.3, 0.4) is 0 Å². The molecule has 0 saturated heterocycles. The quantitative estimate of drug-likeness (QED) is 0.437. The van der Waals surface area contributed by atoms with Crippen molar-refractivity contribution in [3.8, 4) is 17.1 Å². The lowest BCUT2D eigenvalue weighted by atomic mass is 10.2. The number of carbonyl (C=O) groups excluding carboxylic acids is 1. The van der Waals surface area contributed by atoms with Gasteiger partial charge in [-0.1, -0.05) is 30.0 Å². The van der Waals surface area contributed by atoms with Crippen molar-refractivity contribution < 1.29 is 4.79 Å². The van der Waals surface area contributed by atoms with Gasteiger partial charge in [0, 0.05) is 35.1 Å². The van der Waals surface area contributed by atoms with Gasteiger partial charge < -0.3 is 5.32 Å². The summed E-state index contributed by atoms with van der Waals surface area (Å²) in [6, 6.07) is 13.9. The highest BCUT2D eigenvalue weighted by Gasteiger charge is 2.17. The van der Waals surface area contributed by atoms with Crippen molar-refractivity contribution in [2.24, 2.45) is 0 Å². The maximum absolute atomic E-state index is 12.1. The number of pyridine rings is 1. The molecule has 0 atom stereocenters. The number of hydrogen-bond acceptors (Lipinski definition) is 7. The molecule has 3 aromatic heterocycles. The van der Waals surface area contributed by atoms with Crippen LogP contribution < -0.4 is 5.32 Å². The van der Waals surface area contributed by atoms with Crippen LogP contribution in [-0.2, 0) is 5.75 Å². The fraction of sp³-hybridized carbons (Fsp3) is 0.190. The Morgan fingerprint density at radius 2 is 2.00 bits per heavy atom. The zero-order valence-electron chi connectivity index (χ0n) is 16.5. The molecule has 0 unspecified atom stereocenters. The van der Waals surface area contributed by atoms with E-state index in [1.54, 1.807) is 17.8 Å². The number of thiazole rings is 1. The summed E-state index contributed by atoms with van der Waals surface area (Å²) in [5.41, 5.74) is 2.31. The van der Waals surface area contributed by atoms with Crippen LogP contribution in [0.5, 0.6) is 0 Å². The molecule has 3 heterocycles. The second-order valence-electron chi connectivity index (χ2n) is 6.76. The van der Waals surface area contributed by atoms with E-state index in [4.69, 9.17) is 0 Å². The fourth-order valence-electron chi connectivity index (χ4n) is 2.80. The third-order valence-electron chi connectivity index (χ3n) is 4.10. The number of hydrogen-bond donors (Lipinski definition) is 1. The van der Waals surface area contributed by atoms with Gasteiger partial charge in [0.15, 0.2) is 11.0 Å². The molecule has 152 valence electrons. The van der Waals surface area contributed by atoms with E-state index in [1.165, 1.54) is 23.1 Å². The van der Waals surface area contributed by atoms with Crippen LogP contribution in [0, 0.1) is 0 Å². The van der Waals surface area contributed by atoms with Crippen LogP contribution in [0.1, 0.15) is 29.3 Å². The molecular formula is C21H20N6OS2. The van der Waals surface area contributed by atoms with Gasteiger partial charge in [0.1, 0.15) is 10.7 Å². The Morgan fingerprint density at radius 1 is 1.17 bits per heavy atom. The van der Waals surface area contributed by atoms with Crippen molar-refractivity contribution in [3.63, 3.8) is 0 Å². The van der Waals surface area contributed by atoms with Crippen LogP contribution in [0.4, 0.5) is 0 Å². The lowest BCUT2D eigenvalue weighted by Gasteiger charge is -2.09. The predicted octanol–water partition coefficient (Wildman–Crippen LogP) is 4.22. The van der Waals surface area contributed by atoms with Crippen LogP contribution >= 0.6 is 23.1 Å². The summed E-state index contributed by atoms with van der Waals surface area (Å²) in [5, 5.41) is 15.1. The first-order chi connectivity index (χ1) is 14.6. The Hall–Kier alpha value is -3.04. The number of benzene rings is 1. The molecule has 0 aliphatic carbocycles. The SMILES string of the molecule is CC(C)NC(=O)c1csc(CSc2nnc(-c3cccnc3)n2-c2ccccc2)n1. The first-order valence-corrected chi connectivity index (χ1v) is 11.3. The van der Waals surface area contributed by atoms with E-state index in [0.29, 0.717) is 11.4 Å². The van der Waals surface area contributed by atoms with E-state index in [2.05, 4.69) is 25.5 Å². The zero-order valence-corrected chi connectivity index (χ0v) is 18.2. The van der Waals surface area contributed by atoms with Crippen LogP contribution in [-0.4, -0.2) is 36.7 Å². The lowest BCUT2D eigenvalue weighted by molar-refractivity contribution is 0.0938. The van der Waals surface area contributed by atoms with Crippen molar-refractivity contribution in [3.05, 3.63) is 70.9 Å². The van der Waals surface area contributed by atoms with Gasteiger partial charge in [-0.15, -0.1) is 21.5 Å². The molecule has 0 fully saturated rings. The minimum absolute atomic E-state index is 0.0762. The molecular weight excluding hydrogens is 416 g/mol. The summed E-state index contributed by atoms with van der Waals surface area (Å²) in [5.74, 6) is 1.18. The summed E-state index contributed by atoms with van der Waals surface area (Å²) < 4.78 is 2.02. The molecule has 30 heavy (non-hydrogen) atoms. The van der Waals surface area contributed by atoms with E-state index in [0.717, 1.165) is 27.2 Å². The van der Waals surface area contributed by atoms with Gasteiger partial charge in [0.2, 0.25) is 0 Å². The number of aromatic nitrogens is 5. The molecule has 9 heteroatoms. The second-order valence-corrected chi connectivity index (χ2v) is 8.65. The molecule has 0 spiro atoms. The highest BCUT2D eigenvalue weighted by Crippen LogP contribution is 2.30. The third-order valence-corrected chi connectivity index (χ3v) is 6.07. The van der Waals surface area contributed by atoms with Crippen LogP contribution in [0.2, 0.25) is 0 Å². The molecule has 1 aromatic carbocycles. The van der Waals surface area contributed by atoms with E-state index in [1.807, 2.05) is 60.9 Å². The smallest absolute Gasteiger partial charge is 0.270 e. The molecule has 0 aliphatic rings. The number of thioether (sulfide) groups is 1. The predicted molar refractivity (Wildman–Crippen MR) is 119 cm³/mol. The number of carbonyl (C=O) groups is 1. The standard InChI is InChI=1S/C21H20N6OS2/c1-14(2)23-20(28)17-12-29-18(24-17)13-30-21-26-25-19(15-7-6-10-22-11-15)27(21)16-8-4-3-5-9-16/h3-12,14H,13H2,1-2H3,(H,23,28). The van der Waals surface area contributed by atoms with Crippen molar-refractivity contribution in [1.29, 1.82) is 0 Å². The second kappa shape index (κ2) is 9.19. The van der Waals surface area contributed by atoms with Crippen LogP contribution in [0.25, 0.3) is 17.1 Å². The molecule has 0 saturated carbocycles. The first-order valence-electron chi connectivity index (χ1n) is 9.41. The number of amides is 1. The minimum atomic E-state index is -0.149. The summed E-state index contributed by atoms with van der Waals surface area (Å²) >= 11 is 3.00. The number of nitrogens with one attached hydrogen (secondary N) is 1. The Bertz CT molecular complexity index is 1120. The maximum atomic E-state index is 12.1. The van der Waals surface area contributed by atoms with Crippen molar-refractivity contribution >= 4 is 29.0 Å². The molecule has 1 N–H and O–H groups in total. The molecule has 4 aromatic rings. The van der Waals surface area contributed by atoms with Gasteiger partial charge in [0.05, 0.1) is 5.75 Å². The van der Waals surface area contributed by atoms with E-state index in [-0.39, 0.29) is 11.9 Å². The zero-order chi connectivity index (χ0) is 20.9. The third kappa shape index (κ3) is 4.58. The molecule has 1 amide bonds. The van der Waals surface area contributed by atoms with E-state index < -0.39 is 0 Å². The van der Waals surface area contributed by atoms with Crippen molar-refractivity contribution in [2.75, 3.05) is 0 Å². The molecule has 0 radical (unpaired) electrons. The molecule has 4 rings (SSSR count). The first kappa shape index (κ1) is 20.2. The van der Waals surface area contributed by atoms with Gasteiger partial charge in [-0.3, -0.25) is 14.3 Å². The summed E-state index contributed by atoms with van der Waals surface area (Å²) in [6.07, 6.45) is 3.51. The average Bonchev–Trinajstić information content (AvgIpc) is 3.40. The Balaban J connectivity index is 1.59. The van der Waals surface area contributed by atoms with Crippen LogP contribution in [0.15, 0.2) is 65.4 Å². The fourth-order valence-corrected chi connectivity index (χ4v) is 4.54. The average molecular weight is 437 g/mol. The van der Waals surface area contributed by atoms with E-state index in [9.17, 15) is 4.79 Å². The topological polar surface area (TPSA) is 85.6 Å². The van der Waals surface area contributed by atoms with Gasteiger partial charge in [0.25, 0.3) is 5.91 Å². The van der Waals surface area contributed by atoms with Gasteiger partial charge in [-0.05, 0) is 38.1 Å². The minimum Gasteiger partial charge on any atom is -0.349 e. The summed E-state index contributed by atoms with van der Waals surface area (Å²) in [7, 11) is 0. The van der Waals surface area contributed by atoms with E-state index >= 15 is 0 Å². The van der Waals surface area contributed by atoms with Gasteiger partial charge in [-0.25, -0.2) is 4.98 Å². The lowest BCUT2D eigenvalue weighted by Crippen LogP contribution is -2.30. The largest absolute Gasteiger partial charge is 0.349 e. The van der Waals surface area contributed by atoms with Gasteiger partial charge in [-0.2, -0.15) is 0 Å². The van der Waals surface area contributed by atoms with Crippen molar-refractivity contribution in [1.82, 2.24) is 30.0 Å². The normalized spacial score (nSPS) is 11.0. The number of rotatable bonds is 7. The monoisotopic (exact) mass is 436 g/mol. The Morgan fingerprint density at radius 3 is 2.73 bits per heavy atom. The Labute approximate surface area is 182 Å². The Kier molecular flexibility index (Phi) is 6.20. The van der Waals surface area contributed by atoms with Gasteiger partial charge >= 0.3 is 0 Å². The molecule has 0 bridgehead atoms.